The van der Waals surface area contributed by atoms with Crippen molar-refractivity contribution < 1.29 is 9.59 Å². The molecule has 0 radical (unpaired) electrons. The van der Waals surface area contributed by atoms with Gasteiger partial charge >= 0.3 is 0 Å². The van der Waals surface area contributed by atoms with Gasteiger partial charge < -0.3 is 10.2 Å². The molecular formula is C20H16BrN3O2S. The molecule has 1 aliphatic heterocycles. The Labute approximate surface area is 169 Å². The largest absolute Gasteiger partial charge is 0.312 e. The van der Waals surface area contributed by atoms with E-state index in [1.807, 2.05) is 60.0 Å². The maximum absolute atomic E-state index is 12.6. The van der Waals surface area contributed by atoms with Crippen molar-refractivity contribution in [2.45, 2.75) is 6.42 Å². The molecule has 1 atom stereocenters. The molecule has 1 aliphatic rings. The van der Waals surface area contributed by atoms with Crippen LogP contribution in [0.2, 0.25) is 0 Å². The van der Waals surface area contributed by atoms with Crippen molar-refractivity contribution in [3.05, 3.63) is 64.5 Å². The minimum absolute atomic E-state index is 0.0314. The first-order valence-corrected chi connectivity index (χ1v) is 10.1. The number of carbonyl (C=O) groups excluding carboxylic acids is 2. The Bertz CT molecular complexity index is 972. The first-order chi connectivity index (χ1) is 13.1. The van der Waals surface area contributed by atoms with Gasteiger partial charge in [-0.15, -0.1) is 11.3 Å². The van der Waals surface area contributed by atoms with E-state index >= 15 is 0 Å². The van der Waals surface area contributed by atoms with Crippen LogP contribution in [0.5, 0.6) is 0 Å². The maximum Gasteiger partial charge on any atom is 0.231 e. The minimum atomic E-state index is -0.377. The van der Waals surface area contributed by atoms with Crippen LogP contribution in [0, 0.1) is 5.92 Å². The van der Waals surface area contributed by atoms with E-state index in [0.29, 0.717) is 11.7 Å². The molecule has 4 rings (SSSR count). The highest BCUT2D eigenvalue weighted by atomic mass is 79.9. The summed E-state index contributed by atoms with van der Waals surface area (Å²) >= 11 is 4.79. The summed E-state index contributed by atoms with van der Waals surface area (Å²) in [7, 11) is 0. The summed E-state index contributed by atoms with van der Waals surface area (Å²) in [5.41, 5.74) is 2.63. The quantitative estimate of drug-likeness (QED) is 0.644. The van der Waals surface area contributed by atoms with Crippen molar-refractivity contribution in [1.82, 2.24) is 4.98 Å². The molecule has 2 aromatic carbocycles. The lowest BCUT2D eigenvalue weighted by Gasteiger charge is -2.16. The average Bonchev–Trinajstić information content (AvgIpc) is 3.30. The van der Waals surface area contributed by atoms with Gasteiger partial charge in [-0.25, -0.2) is 4.98 Å². The van der Waals surface area contributed by atoms with Crippen molar-refractivity contribution in [3.63, 3.8) is 0 Å². The van der Waals surface area contributed by atoms with E-state index in [1.165, 1.54) is 11.3 Å². The van der Waals surface area contributed by atoms with E-state index < -0.39 is 0 Å². The van der Waals surface area contributed by atoms with Gasteiger partial charge in [-0.3, -0.25) is 9.59 Å². The molecule has 27 heavy (non-hydrogen) atoms. The van der Waals surface area contributed by atoms with Crippen molar-refractivity contribution in [1.29, 1.82) is 0 Å². The first-order valence-electron chi connectivity index (χ1n) is 8.48. The van der Waals surface area contributed by atoms with E-state index in [0.717, 1.165) is 21.4 Å². The van der Waals surface area contributed by atoms with E-state index in [4.69, 9.17) is 0 Å². The molecule has 0 aliphatic carbocycles. The number of carbonyl (C=O) groups is 2. The zero-order chi connectivity index (χ0) is 18.8. The van der Waals surface area contributed by atoms with Gasteiger partial charge in [0.15, 0.2) is 5.13 Å². The molecule has 0 spiro atoms. The van der Waals surface area contributed by atoms with Gasteiger partial charge in [0.25, 0.3) is 0 Å². The fourth-order valence-corrected chi connectivity index (χ4v) is 4.02. The zero-order valence-electron chi connectivity index (χ0n) is 14.3. The summed E-state index contributed by atoms with van der Waals surface area (Å²) in [6.45, 7) is 0.389. The fourth-order valence-electron chi connectivity index (χ4n) is 3.03. The van der Waals surface area contributed by atoms with Crippen LogP contribution < -0.4 is 10.2 Å². The van der Waals surface area contributed by atoms with Crippen LogP contribution in [0.3, 0.4) is 0 Å². The number of rotatable bonds is 4. The van der Waals surface area contributed by atoms with E-state index in [1.54, 1.807) is 4.90 Å². The number of nitrogens with zero attached hydrogens (tertiary/aromatic N) is 2. The Morgan fingerprint density at radius 2 is 1.89 bits per heavy atom. The molecule has 0 saturated carbocycles. The summed E-state index contributed by atoms with van der Waals surface area (Å²) < 4.78 is 1.00. The topological polar surface area (TPSA) is 62.3 Å². The molecule has 1 unspecified atom stereocenters. The monoisotopic (exact) mass is 441 g/mol. The number of aromatic nitrogens is 1. The van der Waals surface area contributed by atoms with Crippen molar-refractivity contribution in [3.8, 4) is 11.3 Å². The zero-order valence-corrected chi connectivity index (χ0v) is 16.7. The van der Waals surface area contributed by atoms with Crippen LogP contribution in [0.1, 0.15) is 6.42 Å². The standard InChI is InChI=1S/C20H16BrN3O2S/c21-15-8-6-13(7-9-15)17-12-27-20(22-17)23-19(26)14-10-18(25)24(11-14)16-4-2-1-3-5-16/h1-9,12,14H,10-11H2,(H,22,23,26). The molecule has 7 heteroatoms. The SMILES string of the molecule is O=C(Nc1nc(-c2ccc(Br)cc2)cs1)C1CC(=O)N(c2ccccc2)C1. The van der Waals surface area contributed by atoms with E-state index in [9.17, 15) is 9.59 Å². The average molecular weight is 442 g/mol. The molecule has 3 aromatic rings. The third kappa shape index (κ3) is 3.94. The van der Waals surface area contributed by atoms with Gasteiger partial charge in [0.2, 0.25) is 11.8 Å². The molecular weight excluding hydrogens is 426 g/mol. The predicted octanol–water partition coefficient (Wildman–Crippen LogP) is 4.56. The van der Waals surface area contributed by atoms with Gasteiger partial charge in [0.1, 0.15) is 0 Å². The van der Waals surface area contributed by atoms with Crippen LogP contribution in [-0.4, -0.2) is 23.3 Å². The molecule has 136 valence electrons. The van der Waals surface area contributed by atoms with Gasteiger partial charge in [-0.05, 0) is 24.3 Å². The number of anilines is 2. The Hall–Kier alpha value is -2.51. The fraction of sp³-hybridized carbons (Fsp3) is 0.150. The number of amides is 2. The molecule has 0 bridgehead atoms. The Kier molecular flexibility index (Phi) is 5.05. The summed E-state index contributed by atoms with van der Waals surface area (Å²) in [5.74, 6) is -0.577. The number of para-hydroxylation sites is 1. The summed E-state index contributed by atoms with van der Waals surface area (Å²) in [6.07, 6.45) is 0.214. The number of hydrogen-bond donors (Lipinski definition) is 1. The second kappa shape index (κ2) is 7.62. The van der Waals surface area contributed by atoms with Crippen LogP contribution in [-0.2, 0) is 9.59 Å². The lowest BCUT2D eigenvalue weighted by Crippen LogP contribution is -2.28. The maximum atomic E-state index is 12.6. The second-order valence-electron chi connectivity index (χ2n) is 6.27. The number of thiazole rings is 1. The summed E-state index contributed by atoms with van der Waals surface area (Å²) in [5, 5.41) is 5.31. The highest BCUT2D eigenvalue weighted by Gasteiger charge is 2.35. The highest BCUT2D eigenvalue weighted by molar-refractivity contribution is 9.10. The van der Waals surface area contributed by atoms with E-state index in [2.05, 4.69) is 26.2 Å². The van der Waals surface area contributed by atoms with Crippen molar-refractivity contribution in [2.24, 2.45) is 5.92 Å². The van der Waals surface area contributed by atoms with Crippen LogP contribution >= 0.6 is 27.3 Å². The molecule has 5 nitrogen and oxygen atoms in total. The number of halogens is 1. The predicted molar refractivity (Wildman–Crippen MR) is 111 cm³/mol. The lowest BCUT2D eigenvalue weighted by molar-refractivity contribution is -0.122. The van der Waals surface area contributed by atoms with E-state index in [-0.39, 0.29) is 24.2 Å². The van der Waals surface area contributed by atoms with Gasteiger partial charge in [0, 0.05) is 34.1 Å². The van der Waals surface area contributed by atoms with Crippen LogP contribution in [0.25, 0.3) is 11.3 Å². The van der Waals surface area contributed by atoms with Crippen LogP contribution in [0.4, 0.5) is 10.8 Å². The third-order valence-electron chi connectivity index (χ3n) is 4.44. The Morgan fingerprint density at radius 1 is 1.15 bits per heavy atom. The highest BCUT2D eigenvalue weighted by Crippen LogP contribution is 2.28. The molecule has 1 saturated heterocycles. The summed E-state index contributed by atoms with van der Waals surface area (Å²) in [6, 6.07) is 17.3. The number of hydrogen-bond acceptors (Lipinski definition) is 4. The number of nitrogens with one attached hydrogen (secondary N) is 1. The lowest BCUT2D eigenvalue weighted by atomic mass is 10.1. The third-order valence-corrected chi connectivity index (χ3v) is 5.72. The molecule has 2 heterocycles. The van der Waals surface area contributed by atoms with Gasteiger partial charge in [-0.1, -0.05) is 46.3 Å². The molecule has 1 N–H and O–H groups in total. The smallest absolute Gasteiger partial charge is 0.231 e. The normalized spacial score (nSPS) is 16.6. The van der Waals surface area contributed by atoms with Gasteiger partial charge in [0.05, 0.1) is 11.6 Å². The second-order valence-corrected chi connectivity index (χ2v) is 8.05. The Balaban J connectivity index is 1.43. The first kappa shape index (κ1) is 17.9. The molecule has 1 fully saturated rings. The van der Waals surface area contributed by atoms with Crippen molar-refractivity contribution in [2.75, 3.05) is 16.8 Å². The minimum Gasteiger partial charge on any atom is -0.312 e. The Morgan fingerprint density at radius 3 is 2.63 bits per heavy atom. The van der Waals surface area contributed by atoms with Crippen molar-refractivity contribution >= 4 is 49.9 Å². The molecule has 2 amide bonds. The van der Waals surface area contributed by atoms with Crippen LogP contribution in [0.15, 0.2) is 64.5 Å². The number of benzene rings is 2. The summed E-state index contributed by atoms with van der Waals surface area (Å²) in [4.78, 5) is 31.0. The van der Waals surface area contributed by atoms with Gasteiger partial charge in [-0.2, -0.15) is 0 Å². The molecule has 1 aromatic heterocycles.